The van der Waals surface area contributed by atoms with Gasteiger partial charge in [0, 0.05) is 24.7 Å². The SMILES string of the molecule is O=C(O)C1CCN(c2nccs2)CC1.[LiH]. The molecule has 6 heteroatoms. The number of rotatable bonds is 2. The predicted octanol–water partition coefficient (Wildman–Crippen LogP) is 0.796. The summed E-state index contributed by atoms with van der Waals surface area (Å²) in [4.78, 5) is 17.1. The van der Waals surface area contributed by atoms with Crippen LogP contribution in [0.1, 0.15) is 12.8 Å². The van der Waals surface area contributed by atoms with Crippen LogP contribution < -0.4 is 4.90 Å². The maximum absolute atomic E-state index is 10.7. The molecule has 1 aliphatic heterocycles. The van der Waals surface area contributed by atoms with Crippen LogP contribution in [0.5, 0.6) is 0 Å². The van der Waals surface area contributed by atoms with Crippen LogP contribution in [0.3, 0.4) is 0 Å². The molecule has 0 atom stereocenters. The summed E-state index contributed by atoms with van der Waals surface area (Å²) in [6, 6.07) is 0. The van der Waals surface area contributed by atoms with Crippen molar-refractivity contribution in [2.24, 2.45) is 5.92 Å². The first-order chi connectivity index (χ1) is 6.77. The Kier molecular flexibility index (Phi) is 4.65. The van der Waals surface area contributed by atoms with Crippen LogP contribution in [0.25, 0.3) is 0 Å². The number of hydrogen-bond acceptors (Lipinski definition) is 4. The molecule has 0 aromatic carbocycles. The van der Waals surface area contributed by atoms with Crippen LogP contribution >= 0.6 is 11.3 Å². The fraction of sp³-hybridized carbons (Fsp3) is 0.556. The molecule has 0 unspecified atom stereocenters. The van der Waals surface area contributed by atoms with E-state index in [2.05, 4.69) is 9.88 Å². The molecule has 1 aliphatic rings. The van der Waals surface area contributed by atoms with Crippen molar-refractivity contribution in [3.8, 4) is 0 Å². The number of piperidine rings is 1. The monoisotopic (exact) mass is 220 g/mol. The van der Waals surface area contributed by atoms with E-state index in [1.165, 1.54) is 0 Å². The van der Waals surface area contributed by atoms with Crippen molar-refractivity contribution in [3.63, 3.8) is 0 Å². The van der Waals surface area contributed by atoms with E-state index in [9.17, 15) is 4.79 Å². The second kappa shape index (κ2) is 5.55. The summed E-state index contributed by atoms with van der Waals surface area (Å²) >= 11 is 1.61. The Balaban J connectivity index is 0.00000112. The van der Waals surface area contributed by atoms with E-state index in [4.69, 9.17) is 5.11 Å². The molecule has 1 aromatic heterocycles. The Hall–Kier alpha value is -0.503. The van der Waals surface area contributed by atoms with Gasteiger partial charge in [0.2, 0.25) is 0 Å². The summed E-state index contributed by atoms with van der Waals surface area (Å²) < 4.78 is 0. The van der Waals surface area contributed by atoms with E-state index in [0.29, 0.717) is 0 Å². The molecule has 2 rings (SSSR count). The normalized spacial score (nSPS) is 17.2. The molecule has 15 heavy (non-hydrogen) atoms. The van der Waals surface area contributed by atoms with Crippen molar-refractivity contribution in [3.05, 3.63) is 11.6 Å². The minimum absolute atomic E-state index is 0. The van der Waals surface area contributed by atoms with Crippen LogP contribution in [0.15, 0.2) is 11.6 Å². The fourth-order valence-corrected chi connectivity index (χ4v) is 2.39. The zero-order chi connectivity index (χ0) is 9.97. The molecule has 1 aromatic rings. The van der Waals surface area contributed by atoms with Gasteiger partial charge in [0.1, 0.15) is 0 Å². The van der Waals surface area contributed by atoms with Gasteiger partial charge in [-0.1, -0.05) is 0 Å². The van der Waals surface area contributed by atoms with Gasteiger partial charge in [-0.05, 0) is 12.8 Å². The quantitative estimate of drug-likeness (QED) is 0.749. The second-order valence-corrected chi connectivity index (χ2v) is 4.29. The van der Waals surface area contributed by atoms with Gasteiger partial charge in [-0.15, -0.1) is 11.3 Å². The second-order valence-electron chi connectivity index (χ2n) is 3.41. The molecule has 0 saturated carbocycles. The summed E-state index contributed by atoms with van der Waals surface area (Å²) in [7, 11) is 0. The van der Waals surface area contributed by atoms with Gasteiger partial charge < -0.3 is 10.0 Å². The number of carbonyl (C=O) groups is 1. The van der Waals surface area contributed by atoms with Crippen LogP contribution in [0.4, 0.5) is 5.13 Å². The molecule has 0 amide bonds. The molecule has 78 valence electrons. The van der Waals surface area contributed by atoms with Gasteiger partial charge in [-0.3, -0.25) is 4.79 Å². The minimum atomic E-state index is -0.663. The number of aliphatic carboxylic acids is 1. The Bertz CT molecular complexity index is 310. The van der Waals surface area contributed by atoms with E-state index >= 15 is 0 Å². The van der Waals surface area contributed by atoms with Crippen LogP contribution in [0.2, 0.25) is 0 Å². The molecule has 1 saturated heterocycles. The Morgan fingerprint density at radius 1 is 1.53 bits per heavy atom. The number of aromatic nitrogens is 1. The standard InChI is InChI=1S/C9H12N2O2S.Li.H/c12-8(13)7-1-4-11(5-2-7)9-10-3-6-14-9;;/h3,6-7H,1-2,4-5H2,(H,12,13);;. The zero-order valence-electron chi connectivity index (χ0n) is 7.72. The van der Waals surface area contributed by atoms with E-state index in [1.807, 2.05) is 5.38 Å². The summed E-state index contributed by atoms with van der Waals surface area (Å²) in [6.07, 6.45) is 3.24. The van der Waals surface area contributed by atoms with Crippen molar-refractivity contribution in [1.82, 2.24) is 4.98 Å². The van der Waals surface area contributed by atoms with E-state index in [1.54, 1.807) is 17.5 Å². The number of anilines is 1. The van der Waals surface area contributed by atoms with Crippen molar-refractivity contribution in [2.75, 3.05) is 18.0 Å². The Labute approximate surface area is 104 Å². The molecule has 1 N–H and O–H groups in total. The van der Waals surface area contributed by atoms with Crippen molar-refractivity contribution < 1.29 is 9.90 Å². The zero-order valence-corrected chi connectivity index (χ0v) is 8.54. The molecule has 0 spiro atoms. The summed E-state index contributed by atoms with van der Waals surface area (Å²) in [5.74, 6) is -0.824. The van der Waals surface area contributed by atoms with E-state index in [0.717, 1.165) is 31.1 Å². The van der Waals surface area contributed by atoms with Crippen LogP contribution in [-0.4, -0.2) is 48.0 Å². The molecule has 0 radical (unpaired) electrons. The molecule has 0 bridgehead atoms. The van der Waals surface area contributed by atoms with Gasteiger partial charge in [0.05, 0.1) is 5.92 Å². The summed E-state index contributed by atoms with van der Waals surface area (Å²) in [6.45, 7) is 1.62. The van der Waals surface area contributed by atoms with E-state index in [-0.39, 0.29) is 24.8 Å². The molecule has 4 nitrogen and oxygen atoms in total. The van der Waals surface area contributed by atoms with Gasteiger partial charge in [0.25, 0.3) is 0 Å². The number of carboxylic acids is 1. The first-order valence-electron chi connectivity index (χ1n) is 4.64. The van der Waals surface area contributed by atoms with Crippen molar-refractivity contribution in [2.45, 2.75) is 12.8 Å². The van der Waals surface area contributed by atoms with Gasteiger partial charge in [-0.2, -0.15) is 0 Å². The predicted molar refractivity (Wildman–Crippen MR) is 61.8 cm³/mol. The summed E-state index contributed by atoms with van der Waals surface area (Å²) in [5.41, 5.74) is 0. The van der Waals surface area contributed by atoms with Gasteiger partial charge in [0.15, 0.2) is 5.13 Å². The third-order valence-electron chi connectivity index (χ3n) is 2.53. The van der Waals surface area contributed by atoms with Crippen LogP contribution in [-0.2, 0) is 4.79 Å². The summed E-state index contributed by atoms with van der Waals surface area (Å²) in [5, 5.41) is 11.8. The van der Waals surface area contributed by atoms with Gasteiger partial charge in [-0.25, -0.2) is 4.98 Å². The average Bonchev–Trinajstić information content (AvgIpc) is 2.71. The first-order valence-corrected chi connectivity index (χ1v) is 5.52. The third kappa shape index (κ3) is 2.97. The number of thiazole rings is 1. The van der Waals surface area contributed by atoms with Gasteiger partial charge >= 0.3 is 24.8 Å². The van der Waals surface area contributed by atoms with Crippen molar-refractivity contribution >= 4 is 41.3 Å². The number of nitrogens with zero attached hydrogens (tertiary/aromatic N) is 2. The van der Waals surface area contributed by atoms with E-state index < -0.39 is 5.97 Å². The molecular formula is C9H13LiN2O2S. The Morgan fingerprint density at radius 3 is 2.67 bits per heavy atom. The van der Waals surface area contributed by atoms with Crippen molar-refractivity contribution in [1.29, 1.82) is 0 Å². The Morgan fingerprint density at radius 2 is 2.20 bits per heavy atom. The van der Waals surface area contributed by atoms with Crippen LogP contribution in [0, 0.1) is 5.92 Å². The molecule has 1 fully saturated rings. The number of carboxylic acid groups (broad SMARTS) is 1. The fourth-order valence-electron chi connectivity index (χ4n) is 1.69. The molecule has 0 aliphatic carbocycles. The average molecular weight is 220 g/mol. The molecule has 2 heterocycles. The molecular weight excluding hydrogens is 207 g/mol. The maximum atomic E-state index is 10.7. The first kappa shape index (κ1) is 12.6. The topological polar surface area (TPSA) is 53.4 Å². The third-order valence-corrected chi connectivity index (χ3v) is 3.37. The number of hydrogen-bond donors (Lipinski definition) is 1.